The van der Waals surface area contributed by atoms with E-state index >= 15 is 0 Å². The van der Waals surface area contributed by atoms with Crippen LogP contribution in [0.5, 0.6) is 5.75 Å². The molecular formula is C12H16ClNO5S. The van der Waals surface area contributed by atoms with Crippen molar-refractivity contribution in [2.24, 2.45) is 0 Å². The van der Waals surface area contributed by atoms with Crippen LogP contribution in [-0.2, 0) is 9.05 Å². The van der Waals surface area contributed by atoms with Gasteiger partial charge in [0, 0.05) is 22.8 Å². The van der Waals surface area contributed by atoms with Crippen molar-refractivity contribution in [3.05, 3.63) is 27.8 Å². The molecule has 0 radical (unpaired) electrons. The second-order valence-electron chi connectivity index (χ2n) is 4.50. The number of nitro groups is 1. The van der Waals surface area contributed by atoms with Crippen LogP contribution in [0, 0.1) is 17.0 Å². The van der Waals surface area contributed by atoms with Gasteiger partial charge in [-0.25, -0.2) is 8.42 Å². The van der Waals surface area contributed by atoms with Crippen molar-refractivity contribution in [1.82, 2.24) is 0 Å². The van der Waals surface area contributed by atoms with Gasteiger partial charge in [0.15, 0.2) is 0 Å². The molecule has 0 aliphatic rings. The van der Waals surface area contributed by atoms with Gasteiger partial charge in [-0.1, -0.05) is 13.3 Å². The van der Waals surface area contributed by atoms with Crippen LogP contribution in [-0.4, -0.2) is 19.4 Å². The first-order chi connectivity index (χ1) is 9.16. The Labute approximate surface area is 122 Å². The third-order valence-electron chi connectivity index (χ3n) is 2.71. The van der Waals surface area contributed by atoms with Gasteiger partial charge in [-0.3, -0.25) is 10.1 Å². The van der Waals surface area contributed by atoms with Crippen LogP contribution < -0.4 is 4.74 Å². The van der Waals surface area contributed by atoms with Gasteiger partial charge >= 0.3 is 0 Å². The number of rotatable bonds is 6. The molecule has 1 aromatic rings. The van der Waals surface area contributed by atoms with Crippen molar-refractivity contribution < 1.29 is 18.1 Å². The molecule has 20 heavy (non-hydrogen) atoms. The largest absolute Gasteiger partial charge is 0.489 e. The summed E-state index contributed by atoms with van der Waals surface area (Å²) in [5.41, 5.74) is 0.0265. The van der Waals surface area contributed by atoms with E-state index in [2.05, 4.69) is 0 Å². The average Bonchev–Trinajstić information content (AvgIpc) is 2.29. The molecule has 0 aromatic heterocycles. The Morgan fingerprint density at radius 2 is 2.05 bits per heavy atom. The molecule has 6 nitrogen and oxygen atoms in total. The summed E-state index contributed by atoms with van der Waals surface area (Å²) in [6.45, 7) is 5.32. The lowest BCUT2D eigenvalue weighted by Gasteiger charge is -2.17. The van der Waals surface area contributed by atoms with Crippen LogP contribution in [0.2, 0.25) is 0 Å². The number of nitrogens with zero attached hydrogens (tertiary/aromatic N) is 1. The van der Waals surface area contributed by atoms with Crippen LogP contribution in [0.1, 0.15) is 32.3 Å². The number of nitro benzene ring substituents is 1. The van der Waals surface area contributed by atoms with E-state index in [1.165, 1.54) is 6.07 Å². The number of hydrogen-bond donors (Lipinski definition) is 0. The summed E-state index contributed by atoms with van der Waals surface area (Å²) in [7, 11) is 1.21. The fraction of sp³-hybridized carbons (Fsp3) is 0.500. The minimum absolute atomic E-state index is 0.0755. The lowest BCUT2D eigenvalue weighted by Crippen LogP contribution is -2.14. The van der Waals surface area contributed by atoms with Crippen molar-refractivity contribution in [2.75, 3.05) is 0 Å². The molecule has 0 saturated carbocycles. The first-order valence-electron chi connectivity index (χ1n) is 6.07. The highest BCUT2D eigenvalue weighted by Gasteiger charge is 2.24. The van der Waals surface area contributed by atoms with Crippen LogP contribution in [0.25, 0.3) is 0 Å². The van der Waals surface area contributed by atoms with E-state index in [9.17, 15) is 18.5 Å². The molecule has 0 N–H and O–H groups in total. The van der Waals surface area contributed by atoms with Gasteiger partial charge in [0.05, 0.1) is 11.0 Å². The molecule has 0 fully saturated rings. The zero-order valence-corrected chi connectivity index (χ0v) is 13.0. The zero-order chi connectivity index (χ0) is 15.5. The highest BCUT2D eigenvalue weighted by molar-refractivity contribution is 8.13. The topological polar surface area (TPSA) is 86.5 Å². The second-order valence-corrected chi connectivity index (χ2v) is 7.04. The van der Waals surface area contributed by atoms with Crippen LogP contribution >= 0.6 is 10.7 Å². The van der Waals surface area contributed by atoms with Crippen molar-refractivity contribution in [3.8, 4) is 5.75 Å². The van der Waals surface area contributed by atoms with Gasteiger partial charge in [0.2, 0.25) is 0 Å². The smallest absolute Gasteiger partial charge is 0.271 e. The van der Waals surface area contributed by atoms with Crippen LogP contribution in [0.3, 0.4) is 0 Å². The van der Waals surface area contributed by atoms with Crippen molar-refractivity contribution >= 4 is 25.4 Å². The molecule has 0 amide bonds. The molecular weight excluding hydrogens is 306 g/mol. The first-order valence-corrected chi connectivity index (χ1v) is 8.38. The Morgan fingerprint density at radius 3 is 2.50 bits per heavy atom. The molecule has 0 spiro atoms. The van der Waals surface area contributed by atoms with Crippen LogP contribution in [0.4, 0.5) is 5.69 Å². The van der Waals surface area contributed by atoms with E-state index in [1.807, 2.05) is 6.92 Å². The quantitative estimate of drug-likeness (QED) is 0.455. The fourth-order valence-corrected chi connectivity index (χ4v) is 2.86. The second kappa shape index (κ2) is 6.41. The Bertz CT molecular complexity index is 615. The molecule has 0 aliphatic carbocycles. The third kappa shape index (κ3) is 4.08. The molecule has 1 unspecified atom stereocenters. The summed E-state index contributed by atoms with van der Waals surface area (Å²) in [5.74, 6) is 0.0755. The monoisotopic (exact) mass is 321 g/mol. The molecule has 8 heteroatoms. The minimum Gasteiger partial charge on any atom is -0.489 e. The van der Waals surface area contributed by atoms with Crippen LogP contribution in [0.15, 0.2) is 17.0 Å². The lowest BCUT2D eigenvalue weighted by atomic mass is 10.2. The Morgan fingerprint density at radius 1 is 1.45 bits per heavy atom. The predicted molar refractivity (Wildman–Crippen MR) is 75.9 cm³/mol. The zero-order valence-electron chi connectivity index (χ0n) is 11.4. The number of aryl methyl sites for hydroxylation is 1. The molecule has 1 rings (SSSR count). The van der Waals surface area contributed by atoms with E-state index in [0.717, 1.165) is 18.9 Å². The van der Waals surface area contributed by atoms with E-state index in [4.69, 9.17) is 15.4 Å². The minimum atomic E-state index is -4.13. The van der Waals surface area contributed by atoms with Gasteiger partial charge in [-0.15, -0.1) is 0 Å². The highest BCUT2D eigenvalue weighted by Crippen LogP contribution is 2.35. The molecule has 1 aromatic carbocycles. The summed E-state index contributed by atoms with van der Waals surface area (Å²) in [6, 6.07) is 2.18. The lowest BCUT2D eigenvalue weighted by molar-refractivity contribution is -0.385. The highest BCUT2D eigenvalue weighted by atomic mass is 35.7. The van der Waals surface area contributed by atoms with Crippen molar-refractivity contribution in [2.45, 2.75) is 44.6 Å². The SMILES string of the molecule is CCCC(C)Oc1c(C)cc([N+](=O)[O-])cc1S(=O)(=O)Cl. The molecule has 0 bridgehead atoms. The number of hydrogen-bond acceptors (Lipinski definition) is 5. The van der Waals surface area contributed by atoms with Gasteiger partial charge in [-0.05, 0) is 25.8 Å². The fourth-order valence-electron chi connectivity index (χ4n) is 1.83. The van der Waals surface area contributed by atoms with Crippen molar-refractivity contribution in [1.29, 1.82) is 0 Å². The Kier molecular flexibility index (Phi) is 5.35. The summed E-state index contributed by atoms with van der Waals surface area (Å²) >= 11 is 0. The number of non-ortho nitro benzene ring substituents is 1. The molecule has 1 atom stereocenters. The average molecular weight is 322 g/mol. The normalized spacial score (nSPS) is 13.0. The number of halogens is 1. The summed E-state index contributed by atoms with van der Waals surface area (Å²) in [5, 5.41) is 10.8. The molecule has 112 valence electrons. The summed E-state index contributed by atoms with van der Waals surface area (Å²) in [4.78, 5) is 9.76. The maximum absolute atomic E-state index is 11.6. The van der Waals surface area contributed by atoms with E-state index in [0.29, 0.717) is 5.56 Å². The molecule has 0 aliphatic heterocycles. The summed E-state index contributed by atoms with van der Waals surface area (Å²) in [6.07, 6.45) is 1.39. The molecule has 0 saturated heterocycles. The number of benzene rings is 1. The first kappa shape index (κ1) is 16.7. The van der Waals surface area contributed by atoms with Crippen molar-refractivity contribution in [3.63, 3.8) is 0 Å². The van der Waals surface area contributed by atoms with Gasteiger partial charge in [-0.2, -0.15) is 0 Å². The van der Waals surface area contributed by atoms with E-state index in [-0.39, 0.29) is 22.4 Å². The van der Waals surface area contributed by atoms with Gasteiger partial charge < -0.3 is 4.74 Å². The standard InChI is InChI=1S/C12H16ClNO5S/c1-4-5-9(3)19-12-8(2)6-10(14(15)16)7-11(12)20(13,17)18/h6-7,9H,4-5H2,1-3H3. The summed E-state index contributed by atoms with van der Waals surface area (Å²) < 4.78 is 28.8. The maximum atomic E-state index is 11.6. The predicted octanol–water partition coefficient (Wildman–Crippen LogP) is 3.40. The Balaban J connectivity index is 3.39. The van der Waals surface area contributed by atoms with E-state index < -0.39 is 14.0 Å². The number of ether oxygens (including phenoxy) is 1. The maximum Gasteiger partial charge on any atom is 0.271 e. The van der Waals surface area contributed by atoms with E-state index in [1.54, 1.807) is 13.8 Å². The Hall–Kier alpha value is -1.34. The molecule has 0 heterocycles. The third-order valence-corrected chi connectivity index (χ3v) is 4.04. The van der Waals surface area contributed by atoms with Gasteiger partial charge in [0.25, 0.3) is 14.7 Å². The van der Waals surface area contributed by atoms with Gasteiger partial charge in [0.1, 0.15) is 10.6 Å².